The number of aryl methyl sites for hydroxylation is 1. The lowest BCUT2D eigenvalue weighted by molar-refractivity contribution is -0.910. The Morgan fingerprint density at radius 1 is 1.41 bits per heavy atom. The summed E-state index contributed by atoms with van der Waals surface area (Å²) < 4.78 is 71.2. The van der Waals surface area contributed by atoms with Crippen LogP contribution in [0.4, 0.5) is 0 Å². The van der Waals surface area contributed by atoms with Gasteiger partial charge in [0.15, 0.2) is 5.75 Å². The summed E-state index contributed by atoms with van der Waals surface area (Å²) in [6.07, 6.45) is -1.25. The first-order chi connectivity index (χ1) is 11.6. The number of likely N-dealkylation sites (N-methyl/N-ethyl adjacent to an activating group) is 1. The van der Waals surface area contributed by atoms with E-state index < -0.39 is 23.3 Å². The molecule has 0 unspecified atom stereocenters. The molecule has 2 aromatic rings. The van der Waals surface area contributed by atoms with Crippen LogP contribution in [0.2, 0.25) is 0 Å². The molecule has 0 bridgehead atoms. The largest absolute Gasteiger partial charge is 0.716 e. The van der Waals surface area contributed by atoms with Crippen LogP contribution in [-0.4, -0.2) is 49.1 Å². The Kier molecular flexibility index (Phi) is 3.20. The van der Waals surface area contributed by atoms with Crippen molar-refractivity contribution in [3.63, 3.8) is 0 Å². The molecule has 122 valence electrons. The molecule has 0 aliphatic rings. The van der Waals surface area contributed by atoms with Crippen molar-refractivity contribution in [1.29, 1.82) is 0 Å². The molecular weight excluding hydrogens is 304 g/mol. The Bertz CT molecular complexity index is 923. The van der Waals surface area contributed by atoms with E-state index in [1.54, 1.807) is 34.0 Å². The van der Waals surface area contributed by atoms with E-state index in [2.05, 4.69) is 9.17 Å². The summed E-state index contributed by atoms with van der Waals surface area (Å²) in [4.78, 5) is 2.78. The Hall–Kier alpha value is -1.57. The fourth-order valence-corrected chi connectivity index (χ4v) is 2.12. The monoisotopic (exact) mass is 330 g/mol. The predicted molar refractivity (Wildman–Crippen MR) is 84.4 cm³/mol. The smallest absolute Gasteiger partial charge is 0.262 e. The molecule has 0 saturated heterocycles. The number of aromatic amines is 1. The third-order valence-electron chi connectivity index (χ3n) is 3.63. The number of quaternary nitrogens is 1. The van der Waals surface area contributed by atoms with E-state index in [1.807, 2.05) is 0 Å². The van der Waals surface area contributed by atoms with Crippen LogP contribution in [0.1, 0.15) is 24.9 Å². The molecule has 0 amide bonds. The third-order valence-corrected chi connectivity index (χ3v) is 4.01. The minimum Gasteiger partial charge on any atom is -0.716 e. The fourth-order valence-electron chi connectivity index (χ4n) is 1.76. The maximum absolute atomic E-state index is 11.0. The fraction of sp³-hybridized carbons (Fsp3) is 0.467. The lowest BCUT2D eigenvalue weighted by atomic mass is 10.1. The number of aromatic nitrogens is 1. The second kappa shape index (κ2) is 5.91. The van der Waals surface area contributed by atoms with Crippen molar-refractivity contribution in [1.82, 2.24) is 4.98 Å². The first kappa shape index (κ1) is 11.9. The number of benzene rings is 1. The average Bonchev–Trinajstić information content (AvgIpc) is 2.90. The second-order valence-electron chi connectivity index (χ2n) is 5.74. The van der Waals surface area contributed by atoms with Crippen molar-refractivity contribution in [2.45, 2.75) is 26.3 Å². The van der Waals surface area contributed by atoms with Gasteiger partial charge in [-0.05, 0) is 31.5 Å². The van der Waals surface area contributed by atoms with Crippen LogP contribution in [0, 0.1) is 0 Å². The molecule has 7 heteroatoms. The molecule has 0 aliphatic carbocycles. The number of rotatable bonds is 6. The van der Waals surface area contributed by atoms with Crippen molar-refractivity contribution in [3.05, 3.63) is 30.0 Å². The highest BCUT2D eigenvalue weighted by atomic mass is 32.3. The van der Waals surface area contributed by atoms with Crippen molar-refractivity contribution >= 4 is 21.3 Å². The zero-order chi connectivity index (χ0) is 20.1. The Labute approximate surface area is 136 Å². The summed E-state index contributed by atoms with van der Waals surface area (Å²) in [5.74, 6) is -0.344. The zero-order valence-corrected chi connectivity index (χ0v) is 13.7. The number of nitrogens with zero attached hydrogens (tertiary/aromatic N) is 1. The number of nitrogens with one attached hydrogen (secondary N) is 1. The molecule has 1 aromatic carbocycles. The van der Waals surface area contributed by atoms with E-state index >= 15 is 0 Å². The highest BCUT2D eigenvalue weighted by molar-refractivity contribution is 7.81. The summed E-state index contributed by atoms with van der Waals surface area (Å²) in [6.45, 7) is 1.18. The highest BCUT2D eigenvalue weighted by Gasteiger charge is 2.21. The molecule has 0 saturated carbocycles. The topological polar surface area (TPSA) is 82.2 Å². The van der Waals surface area contributed by atoms with Crippen molar-refractivity contribution < 1.29 is 27.1 Å². The summed E-state index contributed by atoms with van der Waals surface area (Å²) in [5, 5.41) is 0.0181. The highest BCUT2D eigenvalue weighted by Crippen LogP contribution is 2.30. The first-order valence-corrected chi connectivity index (χ1v) is 8.06. The second-order valence-corrected chi connectivity index (χ2v) is 6.73. The van der Waals surface area contributed by atoms with Crippen molar-refractivity contribution in [2.75, 3.05) is 20.6 Å². The molecular formula is C15H22N2O4S. The van der Waals surface area contributed by atoms with Gasteiger partial charge < -0.3 is 18.2 Å². The molecule has 0 atom stereocenters. The van der Waals surface area contributed by atoms with Gasteiger partial charge in [0.25, 0.3) is 10.4 Å². The predicted octanol–water partition coefficient (Wildman–Crippen LogP) is 2.03. The third kappa shape index (κ3) is 3.79. The number of hydrogen-bond donors (Lipinski definition) is 1. The van der Waals surface area contributed by atoms with E-state index in [-0.39, 0.29) is 27.2 Å². The molecule has 22 heavy (non-hydrogen) atoms. The van der Waals surface area contributed by atoms with E-state index in [0.717, 1.165) is 0 Å². The molecule has 0 spiro atoms. The lowest BCUT2D eigenvalue weighted by Gasteiger charge is -2.34. The van der Waals surface area contributed by atoms with Gasteiger partial charge in [-0.25, -0.2) is 8.42 Å². The molecule has 1 N–H and O–H groups in total. The minimum absolute atomic E-state index is 0.0181. The molecule has 6 nitrogen and oxygen atoms in total. The lowest BCUT2D eigenvalue weighted by Crippen LogP contribution is -2.47. The maximum Gasteiger partial charge on any atom is 0.262 e. The standard InChI is InChI=1S/C15H22N2O4S/c1-11(2)17(3,4)9-8-12-10-16-13-6-5-7-14(15(12)13)21-22(18,19)20/h5-7,10-11,16H,8-9H2,1-4H3/i8D2,9D2. The van der Waals surface area contributed by atoms with Gasteiger partial charge in [-0.1, -0.05) is 6.07 Å². The van der Waals surface area contributed by atoms with Crippen LogP contribution in [-0.2, 0) is 16.8 Å². The Morgan fingerprint density at radius 3 is 2.68 bits per heavy atom. The van der Waals surface area contributed by atoms with E-state index in [9.17, 15) is 13.0 Å². The van der Waals surface area contributed by atoms with E-state index in [4.69, 9.17) is 5.48 Å². The van der Waals surface area contributed by atoms with Gasteiger partial charge in [0.1, 0.15) is 0 Å². The van der Waals surface area contributed by atoms with Gasteiger partial charge in [-0.15, -0.1) is 0 Å². The van der Waals surface area contributed by atoms with Crippen molar-refractivity contribution in [2.24, 2.45) is 0 Å². The van der Waals surface area contributed by atoms with Crippen LogP contribution in [0.5, 0.6) is 5.75 Å². The van der Waals surface area contributed by atoms with Crippen LogP contribution in [0.15, 0.2) is 24.4 Å². The molecule has 2 rings (SSSR count). The average molecular weight is 330 g/mol. The van der Waals surface area contributed by atoms with Crippen LogP contribution in [0.3, 0.4) is 0 Å². The number of hydrogen-bond acceptors (Lipinski definition) is 4. The zero-order valence-electron chi connectivity index (χ0n) is 16.9. The molecule has 0 aliphatic heterocycles. The first-order valence-electron chi connectivity index (χ1n) is 8.72. The van der Waals surface area contributed by atoms with Gasteiger partial charge in [-0.2, -0.15) is 0 Å². The molecule has 1 aromatic heterocycles. The van der Waals surface area contributed by atoms with Crippen molar-refractivity contribution in [3.8, 4) is 5.75 Å². The summed E-state index contributed by atoms with van der Waals surface area (Å²) in [7, 11) is -1.91. The Balaban J connectivity index is 2.73. The van der Waals surface area contributed by atoms with Gasteiger partial charge in [0.2, 0.25) is 0 Å². The van der Waals surface area contributed by atoms with Gasteiger partial charge in [-0.3, -0.25) is 0 Å². The molecule has 0 radical (unpaired) electrons. The van der Waals surface area contributed by atoms with Crippen LogP contribution in [0.25, 0.3) is 10.9 Å². The SMILES string of the molecule is [2H]C([2H])(c1c[nH]c2cccc(OS(=O)(=O)[O-])c12)C([2H])([2H])[N+](C)(C)C(C)C. The van der Waals surface area contributed by atoms with E-state index in [1.165, 1.54) is 18.3 Å². The van der Waals surface area contributed by atoms with Crippen LogP contribution >= 0.6 is 0 Å². The quantitative estimate of drug-likeness (QED) is 0.499. The maximum atomic E-state index is 11.0. The van der Waals surface area contributed by atoms with Crippen LogP contribution < -0.4 is 4.18 Å². The van der Waals surface area contributed by atoms with Gasteiger partial charge >= 0.3 is 0 Å². The number of H-pyrrole nitrogens is 1. The normalized spacial score (nSPS) is 17.0. The van der Waals surface area contributed by atoms with E-state index in [0.29, 0.717) is 5.52 Å². The Morgan fingerprint density at radius 2 is 2.09 bits per heavy atom. The summed E-state index contributed by atoms with van der Waals surface area (Å²) in [5.41, 5.74) is 0.208. The van der Waals surface area contributed by atoms with Gasteiger partial charge in [0.05, 0.1) is 29.4 Å². The summed E-state index contributed by atoms with van der Waals surface area (Å²) in [6, 6.07) is 3.99. The van der Waals surface area contributed by atoms with Gasteiger partial charge in [0, 0.05) is 26.2 Å². The molecule has 0 fully saturated rings. The summed E-state index contributed by atoms with van der Waals surface area (Å²) >= 11 is 0. The number of fused-ring (bicyclic) bond motifs is 1. The minimum atomic E-state index is -5.07. The molecule has 1 heterocycles.